The van der Waals surface area contributed by atoms with E-state index < -0.39 is 0 Å². The number of carbonyl (C=O) groups is 2. The predicted molar refractivity (Wildman–Crippen MR) is 91.9 cm³/mol. The van der Waals surface area contributed by atoms with E-state index in [2.05, 4.69) is 16.0 Å². The molecule has 0 saturated heterocycles. The Balaban J connectivity index is 1.67. The molecule has 2 aromatic rings. The van der Waals surface area contributed by atoms with E-state index in [0.717, 1.165) is 11.3 Å². The van der Waals surface area contributed by atoms with Crippen LogP contribution >= 0.6 is 0 Å². The fourth-order valence-electron chi connectivity index (χ4n) is 2.16. The lowest BCUT2D eigenvalue weighted by atomic mass is 10.1. The van der Waals surface area contributed by atoms with Crippen molar-refractivity contribution < 1.29 is 14.0 Å². The second-order valence-electron chi connectivity index (χ2n) is 5.69. The van der Waals surface area contributed by atoms with Crippen molar-refractivity contribution in [1.82, 2.24) is 16.0 Å². The van der Waals surface area contributed by atoms with Gasteiger partial charge in [-0.1, -0.05) is 17.7 Å². The Labute approximate surface area is 141 Å². The molecule has 1 aromatic carbocycles. The second kappa shape index (κ2) is 8.19. The molecule has 24 heavy (non-hydrogen) atoms. The van der Waals surface area contributed by atoms with Crippen LogP contribution in [0.4, 0.5) is 4.79 Å². The molecule has 1 heterocycles. The zero-order valence-electron chi connectivity index (χ0n) is 14.2. The normalized spacial score (nSPS) is 11.6. The summed E-state index contributed by atoms with van der Waals surface area (Å²) in [6.45, 7) is 6.36. The highest BCUT2D eigenvalue weighted by atomic mass is 16.3. The molecule has 0 spiro atoms. The molecule has 1 atom stereocenters. The van der Waals surface area contributed by atoms with Crippen molar-refractivity contribution in [2.75, 3.05) is 13.1 Å². The summed E-state index contributed by atoms with van der Waals surface area (Å²) < 4.78 is 5.46. The van der Waals surface area contributed by atoms with Gasteiger partial charge in [-0.3, -0.25) is 4.79 Å². The second-order valence-corrected chi connectivity index (χ2v) is 5.69. The van der Waals surface area contributed by atoms with E-state index in [9.17, 15) is 9.59 Å². The van der Waals surface area contributed by atoms with Crippen molar-refractivity contribution in [3.63, 3.8) is 0 Å². The van der Waals surface area contributed by atoms with Crippen molar-refractivity contribution in [2.24, 2.45) is 0 Å². The lowest BCUT2D eigenvalue weighted by molar-refractivity contribution is 0.0954. The summed E-state index contributed by atoms with van der Waals surface area (Å²) in [5, 5.41) is 8.24. The van der Waals surface area contributed by atoms with Crippen LogP contribution in [0.5, 0.6) is 0 Å². The first-order valence-corrected chi connectivity index (χ1v) is 7.91. The Kier molecular flexibility index (Phi) is 6.01. The third-order valence-corrected chi connectivity index (χ3v) is 3.55. The molecule has 0 radical (unpaired) electrons. The molecule has 2 rings (SSSR count). The first-order valence-electron chi connectivity index (χ1n) is 7.91. The van der Waals surface area contributed by atoms with Gasteiger partial charge in [0.1, 0.15) is 11.5 Å². The average molecular weight is 329 g/mol. The third-order valence-electron chi connectivity index (χ3n) is 3.55. The quantitative estimate of drug-likeness (QED) is 0.713. The van der Waals surface area contributed by atoms with Gasteiger partial charge in [0.2, 0.25) is 0 Å². The van der Waals surface area contributed by atoms with Gasteiger partial charge in [-0.05, 0) is 45.0 Å². The molecule has 3 amide bonds. The number of hydrogen-bond acceptors (Lipinski definition) is 3. The first-order chi connectivity index (χ1) is 11.5. The number of carbonyl (C=O) groups excluding carboxylic acids is 2. The third kappa shape index (κ3) is 5.15. The number of furan rings is 1. The number of hydrogen-bond donors (Lipinski definition) is 3. The van der Waals surface area contributed by atoms with Gasteiger partial charge in [0.15, 0.2) is 0 Å². The molecule has 6 nitrogen and oxygen atoms in total. The topological polar surface area (TPSA) is 83.4 Å². The van der Waals surface area contributed by atoms with Crippen LogP contribution in [-0.4, -0.2) is 25.0 Å². The van der Waals surface area contributed by atoms with Crippen LogP contribution in [0.3, 0.4) is 0 Å². The van der Waals surface area contributed by atoms with Crippen molar-refractivity contribution >= 4 is 11.9 Å². The summed E-state index contributed by atoms with van der Waals surface area (Å²) in [6.07, 6.45) is 0. The standard InChI is InChI=1S/C18H23N3O3/c1-12-4-7-15(8-5-12)17(22)19-10-11-20-18(23)21-14(3)16-9-6-13(2)24-16/h4-9,14H,10-11H2,1-3H3,(H,19,22)(H2,20,21,23). The zero-order chi connectivity index (χ0) is 17.5. The van der Waals surface area contributed by atoms with E-state index >= 15 is 0 Å². The highest BCUT2D eigenvalue weighted by molar-refractivity contribution is 5.94. The van der Waals surface area contributed by atoms with Crippen LogP contribution < -0.4 is 16.0 Å². The van der Waals surface area contributed by atoms with Gasteiger partial charge < -0.3 is 20.4 Å². The van der Waals surface area contributed by atoms with Gasteiger partial charge >= 0.3 is 6.03 Å². The van der Waals surface area contributed by atoms with Gasteiger partial charge in [-0.2, -0.15) is 0 Å². The Morgan fingerprint density at radius 1 is 1.00 bits per heavy atom. The molecule has 0 aliphatic rings. The fourth-order valence-corrected chi connectivity index (χ4v) is 2.16. The maximum absolute atomic E-state index is 11.9. The Bertz CT molecular complexity index is 692. The minimum absolute atomic E-state index is 0.156. The van der Waals surface area contributed by atoms with Crippen LogP contribution in [0.2, 0.25) is 0 Å². The SMILES string of the molecule is Cc1ccc(C(=O)NCCNC(=O)NC(C)c2ccc(C)o2)cc1. The van der Waals surface area contributed by atoms with Crippen molar-refractivity contribution in [1.29, 1.82) is 0 Å². The van der Waals surface area contributed by atoms with E-state index in [4.69, 9.17) is 4.42 Å². The maximum atomic E-state index is 11.9. The molecule has 0 aliphatic heterocycles. The van der Waals surface area contributed by atoms with Crippen molar-refractivity contribution in [2.45, 2.75) is 26.8 Å². The molecule has 1 aromatic heterocycles. The molecule has 0 saturated carbocycles. The molecule has 0 aliphatic carbocycles. The van der Waals surface area contributed by atoms with E-state index in [1.807, 2.05) is 45.0 Å². The molecule has 1 unspecified atom stereocenters. The average Bonchev–Trinajstić information content (AvgIpc) is 2.98. The first kappa shape index (κ1) is 17.6. The van der Waals surface area contributed by atoms with Gasteiger partial charge in [0.05, 0.1) is 6.04 Å². The van der Waals surface area contributed by atoms with Crippen molar-refractivity contribution in [3.8, 4) is 0 Å². The van der Waals surface area contributed by atoms with Crippen LogP contribution in [-0.2, 0) is 0 Å². The summed E-state index contributed by atoms with van der Waals surface area (Å²) in [7, 11) is 0. The summed E-state index contributed by atoms with van der Waals surface area (Å²) >= 11 is 0. The summed E-state index contributed by atoms with van der Waals surface area (Å²) in [4.78, 5) is 23.7. The smallest absolute Gasteiger partial charge is 0.315 e. The minimum atomic E-state index is -0.305. The number of nitrogens with one attached hydrogen (secondary N) is 3. The van der Waals surface area contributed by atoms with Gasteiger partial charge in [-0.25, -0.2) is 4.79 Å². The fraction of sp³-hybridized carbons (Fsp3) is 0.333. The number of urea groups is 1. The largest absolute Gasteiger partial charge is 0.464 e. The van der Waals surface area contributed by atoms with Crippen LogP contribution in [0, 0.1) is 13.8 Å². The van der Waals surface area contributed by atoms with Gasteiger partial charge in [-0.15, -0.1) is 0 Å². The number of rotatable bonds is 6. The Morgan fingerprint density at radius 3 is 2.29 bits per heavy atom. The molecule has 0 fully saturated rings. The lowest BCUT2D eigenvalue weighted by Gasteiger charge is -2.13. The molecular formula is C18H23N3O3. The van der Waals surface area contributed by atoms with E-state index in [1.54, 1.807) is 12.1 Å². The van der Waals surface area contributed by atoms with Gasteiger partial charge in [0, 0.05) is 18.7 Å². The van der Waals surface area contributed by atoms with Crippen LogP contribution in [0.15, 0.2) is 40.8 Å². The Hall–Kier alpha value is -2.76. The van der Waals surface area contributed by atoms with E-state index in [1.165, 1.54) is 0 Å². The molecular weight excluding hydrogens is 306 g/mol. The molecule has 6 heteroatoms. The summed E-state index contributed by atoms with van der Waals surface area (Å²) in [6, 6.07) is 10.5. The molecule has 128 valence electrons. The zero-order valence-corrected chi connectivity index (χ0v) is 14.2. The summed E-state index contributed by atoms with van der Waals surface area (Å²) in [5.74, 6) is 1.35. The maximum Gasteiger partial charge on any atom is 0.315 e. The summed E-state index contributed by atoms with van der Waals surface area (Å²) in [5.41, 5.74) is 1.71. The molecule has 0 bridgehead atoms. The van der Waals surface area contributed by atoms with E-state index in [-0.39, 0.29) is 18.0 Å². The molecule has 3 N–H and O–H groups in total. The lowest BCUT2D eigenvalue weighted by Crippen LogP contribution is -2.41. The number of aryl methyl sites for hydroxylation is 2. The predicted octanol–water partition coefficient (Wildman–Crippen LogP) is 2.69. The number of benzene rings is 1. The van der Waals surface area contributed by atoms with Crippen molar-refractivity contribution in [3.05, 3.63) is 59.0 Å². The van der Waals surface area contributed by atoms with Crippen LogP contribution in [0.25, 0.3) is 0 Å². The van der Waals surface area contributed by atoms with Gasteiger partial charge in [0.25, 0.3) is 5.91 Å². The Morgan fingerprint density at radius 2 is 1.67 bits per heavy atom. The minimum Gasteiger partial charge on any atom is -0.464 e. The monoisotopic (exact) mass is 329 g/mol. The van der Waals surface area contributed by atoms with E-state index in [0.29, 0.717) is 24.4 Å². The highest BCUT2D eigenvalue weighted by Gasteiger charge is 2.12. The highest BCUT2D eigenvalue weighted by Crippen LogP contribution is 2.15. The number of amides is 3. The van der Waals surface area contributed by atoms with Crippen LogP contribution in [0.1, 0.15) is 40.4 Å².